The summed E-state index contributed by atoms with van der Waals surface area (Å²) in [5, 5.41) is 12.4. The summed E-state index contributed by atoms with van der Waals surface area (Å²) in [6, 6.07) is 18.1. The van der Waals surface area contributed by atoms with Crippen LogP contribution in [0.3, 0.4) is 0 Å². The van der Waals surface area contributed by atoms with E-state index in [2.05, 4.69) is 23.5 Å². The fourth-order valence-electron chi connectivity index (χ4n) is 2.66. The van der Waals surface area contributed by atoms with E-state index in [1.165, 1.54) is 5.56 Å². The molecule has 3 rings (SSSR count). The predicted octanol–water partition coefficient (Wildman–Crippen LogP) is 3.10. The zero-order chi connectivity index (χ0) is 14.5. The summed E-state index contributed by atoms with van der Waals surface area (Å²) < 4.78 is 5.98. The Morgan fingerprint density at radius 3 is 2.90 bits per heavy atom. The van der Waals surface area contributed by atoms with E-state index < -0.39 is 0 Å². The van der Waals surface area contributed by atoms with Crippen LogP contribution in [0.1, 0.15) is 17.5 Å². The molecule has 1 heterocycles. The molecule has 1 aliphatic heterocycles. The Bertz CT molecular complexity index is 654. The number of nitriles is 1. The molecule has 2 aromatic rings. The number of nitrogens with one attached hydrogen (secondary N) is 1. The molecule has 0 unspecified atom stereocenters. The molecule has 1 fully saturated rings. The van der Waals surface area contributed by atoms with E-state index in [1.54, 1.807) is 0 Å². The van der Waals surface area contributed by atoms with Gasteiger partial charge in [0.1, 0.15) is 0 Å². The van der Waals surface area contributed by atoms with E-state index in [0.29, 0.717) is 18.3 Å². The first-order valence-electron chi connectivity index (χ1n) is 7.27. The lowest BCUT2D eigenvalue weighted by Gasteiger charge is -2.14. The fourth-order valence-corrected chi connectivity index (χ4v) is 2.66. The molecule has 0 aromatic heterocycles. The number of hydrogen-bond acceptors (Lipinski definition) is 3. The SMILES string of the molecule is N#Cc1cccc(-c2ccccc2CO[C@H]2CCNC2)c1. The molecule has 3 nitrogen and oxygen atoms in total. The highest BCUT2D eigenvalue weighted by molar-refractivity contribution is 5.68. The third kappa shape index (κ3) is 3.30. The first-order valence-corrected chi connectivity index (χ1v) is 7.27. The molecule has 1 aliphatic rings. The lowest BCUT2D eigenvalue weighted by molar-refractivity contribution is 0.0545. The van der Waals surface area contributed by atoms with Crippen molar-refractivity contribution in [1.29, 1.82) is 5.26 Å². The second-order valence-electron chi connectivity index (χ2n) is 5.28. The van der Waals surface area contributed by atoms with Crippen LogP contribution in [-0.2, 0) is 11.3 Å². The van der Waals surface area contributed by atoms with Crippen LogP contribution in [0.15, 0.2) is 48.5 Å². The molecule has 0 aliphatic carbocycles. The van der Waals surface area contributed by atoms with E-state index in [4.69, 9.17) is 10.00 Å². The highest BCUT2D eigenvalue weighted by atomic mass is 16.5. The van der Waals surface area contributed by atoms with Gasteiger partial charge in [-0.2, -0.15) is 5.26 Å². The first kappa shape index (κ1) is 13.8. The van der Waals surface area contributed by atoms with Crippen LogP contribution in [0.25, 0.3) is 11.1 Å². The van der Waals surface area contributed by atoms with Gasteiger partial charge in [0.05, 0.1) is 24.3 Å². The second-order valence-corrected chi connectivity index (χ2v) is 5.28. The van der Waals surface area contributed by atoms with Crippen LogP contribution in [0.5, 0.6) is 0 Å². The van der Waals surface area contributed by atoms with E-state index >= 15 is 0 Å². The molecule has 21 heavy (non-hydrogen) atoms. The number of rotatable bonds is 4. The van der Waals surface area contributed by atoms with Gasteiger partial charge < -0.3 is 10.1 Å². The number of nitrogens with zero attached hydrogens (tertiary/aromatic N) is 1. The minimum atomic E-state index is 0.309. The first-order chi connectivity index (χ1) is 10.4. The Labute approximate surface area is 125 Å². The third-order valence-electron chi connectivity index (χ3n) is 3.81. The van der Waals surface area contributed by atoms with Gasteiger partial charge in [0, 0.05) is 6.54 Å². The molecule has 1 N–H and O–H groups in total. The maximum Gasteiger partial charge on any atom is 0.0991 e. The Morgan fingerprint density at radius 1 is 1.19 bits per heavy atom. The van der Waals surface area contributed by atoms with E-state index in [-0.39, 0.29) is 0 Å². The van der Waals surface area contributed by atoms with Crippen molar-refractivity contribution in [1.82, 2.24) is 5.32 Å². The molecular weight excluding hydrogens is 260 g/mol. The molecule has 0 radical (unpaired) electrons. The highest BCUT2D eigenvalue weighted by Crippen LogP contribution is 2.25. The summed E-state index contributed by atoms with van der Waals surface area (Å²) >= 11 is 0. The largest absolute Gasteiger partial charge is 0.372 e. The Morgan fingerprint density at radius 2 is 2.10 bits per heavy atom. The minimum absolute atomic E-state index is 0.309. The lowest BCUT2D eigenvalue weighted by Crippen LogP contribution is -2.16. The van der Waals surface area contributed by atoms with Gasteiger partial charge >= 0.3 is 0 Å². The fraction of sp³-hybridized carbons (Fsp3) is 0.278. The van der Waals surface area contributed by atoms with Crippen molar-refractivity contribution in [2.75, 3.05) is 13.1 Å². The monoisotopic (exact) mass is 278 g/mol. The summed E-state index contributed by atoms with van der Waals surface area (Å²) in [6.07, 6.45) is 1.38. The van der Waals surface area contributed by atoms with Crippen molar-refractivity contribution in [3.05, 3.63) is 59.7 Å². The average molecular weight is 278 g/mol. The van der Waals surface area contributed by atoms with Crippen LogP contribution < -0.4 is 5.32 Å². The van der Waals surface area contributed by atoms with Crippen molar-refractivity contribution in [2.45, 2.75) is 19.1 Å². The van der Waals surface area contributed by atoms with Crippen LogP contribution in [0.2, 0.25) is 0 Å². The normalized spacial score (nSPS) is 17.6. The van der Waals surface area contributed by atoms with Crippen molar-refractivity contribution in [2.24, 2.45) is 0 Å². The molecule has 3 heteroatoms. The van der Waals surface area contributed by atoms with Crippen molar-refractivity contribution < 1.29 is 4.74 Å². The van der Waals surface area contributed by atoms with Gasteiger partial charge in [-0.25, -0.2) is 0 Å². The van der Waals surface area contributed by atoms with Gasteiger partial charge in [-0.1, -0.05) is 36.4 Å². The second kappa shape index (κ2) is 6.53. The molecule has 106 valence electrons. The zero-order valence-electron chi connectivity index (χ0n) is 11.9. The van der Waals surface area contributed by atoms with Crippen LogP contribution >= 0.6 is 0 Å². The molecule has 1 atom stereocenters. The standard InChI is InChI=1S/C18H18N2O/c19-11-14-4-3-6-15(10-14)18-7-2-1-5-16(18)13-21-17-8-9-20-12-17/h1-7,10,17,20H,8-9,12-13H2/t17-/m0/s1. The lowest BCUT2D eigenvalue weighted by atomic mass is 9.98. The molecular formula is C18H18N2O. The molecule has 0 spiro atoms. The maximum atomic E-state index is 9.04. The Kier molecular flexibility index (Phi) is 4.30. The summed E-state index contributed by atoms with van der Waals surface area (Å²) in [5.74, 6) is 0. The molecule has 0 bridgehead atoms. The van der Waals surface area contributed by atoms with E-state index in [0.717, 1.165) is 30.6 Å². The van der Waals surface area contributed by atoms with Crippen LogP contribution in [0.4, 0.5) is 0 Å². The molecule has 0 saturated carbocycles. The van der Waals surface area contributed by atoms with Crippen molar-refractivity contribution >= 4 is 0 Å². The topological polar surface area (TPSA) is 45.0 Å². The Balaban J connectivity index is 1.83. The van der Waals surface area contributed by atoms with Crippen molar-refractivity contribution in [3.63, 3.8) is 0 Å². The maximum absolute atomic E-state index is 9.04. The predicted molar refractivity (Wildman–Crippen MR) is 82.7 cm³/mol. The smallest absolute Gasteiger partial charge is 0.0991 e. The highest BCUT2D eigenvalue weighted by Gasteiger charge is 2.15. The van der Waals surface area contributed by atoms with E-state index in [1.807, 2.05) is 36.4 Å². The molecule has 1 saturated heterocycles. The number of ether oxygens (including phenoxy) is 1. The van der Waals surface area contributed by atoms with Gasteiger partial charge in [0.15, 0.2) is 0 Å². The van der Waals surface area contributed by atoms with Crippen molar-refractivity contribution in [3.8, 4) is 17.2 Å². The average Bonchev–Trinajstić information content (AvgIpc) is 3.07. The molecule has 0 amide bonds. The number of hydrogen-bond donors (Lipinski definition) is 1. The van der Waals surface area contributed by atoms with Gasteiger partial charge in [0.25, 0.3) is 0 Å². The minimum Gasteiger partial charge on any atom is -0.372 e. The summed E-state index contributed by atoms with van der Waals surface area (Å²) in [6.45, 7) is 2.59. The summed E-state index contributed by atoms with van der Waals surface area (Å²) in [5.41, 5.74) is 4.06. The zero-order valence-corrected chi connectivity index (χ0v) is 11.9. The van der Waals surface area contributed by atoms with Gasteiger partial charge in [-0.05, 0) is 41.8 Å². The Hall–Kier alpha value is -2.15. The third-order valence-corrected chi connectivity index (χ3v) is 3.81. The quantitative estimate of drug-likeness (QED) is 0.934. The van der Waals surface area contributed by atoms with Gasteiger partial charge in [0.2, 0.25) is 0 Å². The van der Waals surface area contributed by atoms with Crippen LogP contribution in [-0.4, -0.2) is 19.2 Å². The van der Waals surface area contributed by atoms with Gasteiger partial charge in [-0.15, -0.1) is 0 Å². The van der Waals surface area contributed by atoms with Crippen LogP contribution in [0, 0.1) is 11.3 Å². The summed E-state index contributed by atoms with van der Waals surface area (Å²) in [4.78, 5) is 0. The van der Waals surface area contributed by atoms with Gasteiger partial charge in [-0.3, -0.25) is 0 Å². The van der Waals surface area contributed by atoms with E-state index in [9.17, 15) is 0 Å². The number of benzene rings is 2. The summed E-state index contributed by atoms with van der Waals surface area (Å²) in [7, 11) is 0. The molecule has 2 aromatic carbocycles.